The van der Waals surface area contributed by atoms with Gasteiger partial charge in [0.15, 0.2) is 0 Å². The Morgan fingerprint density at radius 2 is 2.10 bits per heavy atom. The van der Waals surface area contributed by atoms with Gasteiger partial charge in [0.1, 0.15) is 17.8 Å². The van der Waals surface area contributed by atoms with Gasteiger partial charge in [-0.15, -0.1) is 0 Å². The van der Waals surface area contributed by atoms with E-state index in [0.29, 0.717) is 6.54 Å². The van der Waals surface area contributed by atoms with Crippen molar-refractivity contribution >= 4 is 10.8 Å². The second-order valence-electron chi connectivity index (χ2n) is 4.77. The molecule has 5 heteroatoms. The zero-order valence-corrected chi connectivity index (χ0v) is 11.2. The predicted molar refractivity (Wildman–Crippen MR) is 78.6 cm³/mol. The van der Waals surface area contributed by atoms with Crippen molar-refractivity contribution in [2.45, 2.75) is 6.54 Å². The van der Waals surface area contributed by atoms with Crippen LogP contribution in [0.1, 0.15) is 5.69 Å². The normalized spacial score (nSPS) is 11.0. The monoisotopic (exact) mass is 276 g/mol. The first-order chi connectivity index (χ1) is 10.4. The molecule has 0 bridgehead atoms. The lowest BCUT2D eigenvalue weighted by atomic mass is 10.1. The molecule has 3 aromatic heterocycles. The number of benzene rings is 1. The Hall–Kier alpha value is -2.95. The molecule has 0 unspecified atom stereocenters. The molecule has 0 spiro atoms. The van der Waals surface area contributed by atoms with Crippen LogP contribution in [0.5, 0.6) is 0 Å². The maximum Gasteiger partial charge on any atom is 0.140 e. The third-order valence-electron chi connectivity index (χ3n) is 3.46. The average molecular weight is 276 g/mol. The second kappa shape index (κ2) is 4.86. The number of imidazole rings is 1. The summed E-state index contributed by atoms with van der Waals surface area (Å²) in [7, 11) is 0. The van der Waals surface area contributed by atoms with Crippen LogP contribution in [0.4, 0.5) is 0 Å². The number of nitrogens with zero attached hydrogens (tertiary/aromatic N) is 4. The van der Waals surface area contributed by atoms with E-state index in [1.54, 1.807) is 18.7 Å². The number of hydrogen-bond acceptors (Lipinski definition) is 4. The third kappa shape index (κ3) is 2.08. The fourth-order valence-corrected chi connectivity index (χ4v) is 2.49. The summed E-state index contributed by atoms with van der Waals surface area (Å²) in [6.45, 7) is 0.632. The minimum Gasteiger partial charge on any atom is -0.364 e. The highest BCUT2D eigenvalue weighted by atomic mass is 16.5. The summed E-state index contributed by atoms with van der Waals surface area (Å²) in [4.78, 5) is 8.67. The van der Waals surface area contributed by atoms with Crippen LogP contribution in [0.15, 0.2) is 65.9 Å². The van der Waals surface area contributed by atoms with Gasteiger partial charge in [-0.25, -0.2) is 4.98 Å². The highest BCUT2D eigenvalue weighted by Crippen LogP contribution is 2.27. The average Bonchev–Trinajstić information content (AvgIpc) is 3.19. The van der Waals surface area contributed by atoms with E-state index in [2.05, 4.69) is 31.8 Å². The molecule has 4 rings (SSSR count). The van der Waals surface area contributed by atoms with Crippen LogP contribution in [-0.2, 0) is 6.54 Å². The molecule has 0 saturated heterocycles. The Morgan fingerprint density at radius 3 is 3.00 bits per heavy atom. The highest BCUT2D eigenvalue weighted by Gasteiger charge is 2.10. The summed E-state index contributed by atoms with van der Waals surface area (Å²) in [5, 5.41) is 6.20. The van der Waals surface area contributed by atoms with E-state index < -0.39 is 0 Å². The molecule has 1 aromatic carbocycles. The van der Waals surface area contributed by atoms with Crippen molar-refractivity contribution in [3.8, 4) is 11.4 Å². The standard InChI is InChI=1S/C16H12N4O/c1-2-12-10-17-6-4-14(12)15(3-1)16-18-7-8-20(16)11-13-5-9-21-19-13/h1-10H,11H2. The Balaban J connectivity index is 1.84. The molecule has 21 heavy (non-hydrogen) atoms. The van der Waals surface area contributed by atoms with Crippen LogP contribution in [-0.4, -0.2) is 19.7 Å². The number of fused-ring (bicyclic) bond motifs is 1. The van der Waals surface area contributed by atoms with Gasteiger partial charge in [-0.05, 0) is 11.5 Å². The summed E-state index contributed by atoms with van der Waals surface area (Å²) < 4.78 is 6.95. The zero-order chi connectivity index (χ0) is 14.1. The first kappa shape index (κ1) is 11.8. The number of rotatable bonds is 3. The molecule has 0 N–H and O–H groups in total. The molecule has 5 nitrogen and oxygen atoms in total. The third-order valence-corrected chi connectivity index (χ3v) is 3.46. The lowest BCUT2D eigenvalue weighted by Crippen LogP contribution is -2.01. The van der Waals surface area contributed by atoms with E-state index >= 15 is 0 Å². The van der Waals surface area contributed by atoms with Crippen molar-refractivity contribution in [3.05, 3.63) is 67.1 Å². The van der Waals surface area contributed by atoms with Gasteiger partial charge >= 0.3 is 0 Å². The van der Waals surface area contributed by atoms with Gasteiger partial charge in [0.05, 0.1) is 6.54 Å². The molecule has 0 radical (unpaired) electrons. The van der Waals surface area contributed by atoms with Crippen molar-refractivity contribution in [1.82, 2.24) is 19.7 Å². The summed E-state index contributed by atoms with van der Waals surface area (Å²) in [6.07, 6.45) is 9.00. The van der Waals surface area contributed by atoms with Gasteiger partial charge in [-0.1, -0.05) is 23.4 Å². The zero-order valence-electron chi connectivity index (χ0n) is 11.2. The first-order valence-electron chi connectivity index (χ1n) is 6.65. The van der Waals surface area contributed by atoms with Crippen LogP contribution >= 0.6 is 0 Å². The molecule has 0 fully saturated rings. The number of aromatic nitrogens is 4. The largest absolute Gasteiger partial charge is 0.364 e. The fraction of sp³-hybridized carbons (Fsp3) is 0.0625. The predicted octanol–water partition coefficient (Wildman–Crippen LogP) is 3.13. The quantitative estimate of drug-likeness (QED) is 0.577. The van der Waals surface area contributed by atoms with E-state index in [-0.39, 0.29) is 0 Å². The first-order valence-corrected chi connectivity index (χ1v) is 6.65. The Bertz CT molecular complexity index is 875. The lowest BCUT2D eigenvalue weighted by Gasteiger charge is -2.08. The van der Waals surface area contributed by atoms with Crippen LogP contribution < -0.4 is 0 Å². The minimum atomic E-state index is 0.632. The summed E-state index contributed by atoms with van der Waals surface area (Å²) in [5.74, 6) is 0.912. The van der Waals surface area contributed by atoms with Crippen molar-refractivity contribution in [3.63, 3.8) is 0 Å². The highest BCUT2D eigenvalue weighted by molar-refractivity contribution is 5.94. The van der Waals surface area contributed by atoms with Gasteiger partial charge in [-0.3, -0.25) is 4.98 Å². The molecule has 0 aliphatic heterocycles. The maximum absolute atomic E-state index is 4.89. The molecule has 0 aliphatic rings. The van der Waals surface area contributed by atoms with Crippen molar-refractivity contribution in [2.75, 3.05) is 0 Å². The molecule has 0 amide bonds. The topological polar surface area (TPSA) is 56.7 Å². The van der Waals surface area contributed by atoms with E-state index in [1.807, 2.05) is 30.6 Å². The van der Waals surface area contributed by atoms with Crippen LogP contribution in [0.3, 0.4) is 0 Å². The Kier molecular flexibility index (Phi) is 2.74. The summed E-state index contributed by atoms with van der Waals surface area (Å²) >= 11 is 0. The Morgan fingerprint density at radius 1 is 1.10 bits per heavy atom. The molecular formula is C16H12N4O. The SMILES string of the molecule is c1cc(-c2nccn2Cc2ccon2)c2ccncc2c1. The maximum atomic E-state index is 4.89. The van der Waals surface area contributed by atoms with E-state index in [1.165, 1.54) is 0 Å². The minimum absolute atomic E-state index is 0.632. The summed E-state index contributed by atoms with van der Waals surface area (Å²) in [6, 6.07) is 10.0. The molecule has 0 atom stereocenters. The van der Waals surface area contributed by atoms with Crippen LogP contribution in [0.25, 0.3) is 22.2 Å². The molecule has 0 saturated carbocycles. The molecule has 3 heterocycles. The van der Waals surface area contributed by atoms with E-state index in [0.717, 1.165) is 27.9 Å². The van der Waals surface area contributed by atoms with E-state index in [9.17, 15) is 0 Å². The van der Waals surface area contributed by atoms with Gasteiger partial charge in [0.25, 0.3) is 0 Å². The van der Waals surface area contributed by atoms with Gasteiger partial charge < -0.3 is 9.09 Å². The van der Waals surface area contributed by atoms with Crippen LogP contribution in [0, 0.1) is 0 Å². The Labute approximate surface area is 120 Å². The second-order valence-corrected chi connectivity index (χ2v) is 4.77. The number of pyridine rings is 1. The van der Waals surface area contributed by atoms with Gasteiger partial charge in [-0.2, -0.15) is 0 Å². The molecule has 4 aromatic rings. The number of hydrogen-bond donors (Lipinski definition) is 0. The van der Waals surface area contributed by atoms with E-state index in [4.69, 9.17) is 4.52 Å². The smallest absolute Gasteiger partial charge is 0.140 e. The van der Waals surface area contributed by atoms with Gasteiger partial charge in [0, 0.05) is 41.8 Å². The molecule has 102 valence electrons. The van der Waals surface area contributed by atoms with Crippen LogP contribution in [0.2, 0.25) is 0 Å². The lowest BCUT2D eigenvalue weighted by molar-refractivity contribution is 0.410. The molecular weight excluding hydrogens is 264 g/mol. The van der Waals surface area contributed by atoms with Crippen molar-refractivity contribution < 1.29 is 4.52 Å². The molecule has 0 aliphatic carbocycles. The van der Waals surface area contributed by atoms with Crippen molar-refractivity contribution in [1.29, 1.82) is 0 Å². The van der Waals surface area contributed by atoms with Crippen molar-refractivity contribution in [2.24, 2.45) is 0 Å². The van der Waals surface area contributed by atoms with Gasteiger partial charge in [0.2, 0.25) is 0 Å². The summed E-state index contributed by atoms with van der Waals surface area (Å²) in [5.41, 5.74) is 1.96. The fourth-order valence-electron chi connectivity index (χ4n) is 2.49.